The second-order valence-corrected chi connectivity index (χ2v) is 6.90. The second-order valence-electron chi connectivity index (χ2n) is 5.14. The first-order valence-corrected chi connectivity index (χ1v) is 8.74. The highest BCUT2D eigenvalue weighted by Crippen LogP contribution is 2.20. The number of benzene rings is 2. The highest BCUT2D eigenvalue weighted by atomic mass is 79.9. The summed E-state index contributed by atoms with van der Waals surface area (Å²) < 4.78 is 0.923. The van der Waals surface area contributed by atoms with Gasteiger partial charge < -0.3 is 5.32 Å². The molecule has 0 aliphatic heterocycles. The Morgan fingerprint density at radius 2 is 1.80 bits per heavy atom. The van der Waals surface area contributed by atoms with Gasteiger partial charge in [-0.25, -0.2) is 5.43 Å². The molecule has 0 saturated carbocycles. The van der Waals surface area contributed by atoms with Gasteiger partial charge in [-0.3, -0.25) is 9.59 Å². The Morgan fingerprint density at radius 1 is 1.12 bits per heavy atom. The van der Waals surface area contributed by atoms with E-state index in [1.54, 1.807) is 25.1 Å². The minimum atomic E-state index is -0.477. The molecular formula is C17H14BrCl2N3O2. The SMILES string of the molecule is CC(CC(=O)Nc1ccc(Br)cc1)=NNC(=O)c1ccc(Cl)cc1Cl. The third kappa shape index (κ3) is 6.16. The Hall–Kier alpha value is -1.89. The number of carbonyl (C=O) groups is 2. The Kier molecular flexibility index (Phi) is 6.99. The molecule has 0 fully saturated rings. The lowest BCUT2D eigenvalue weighted by Crippen LogP contribution is -2.21. The third-order valence-electron chi connectivity index (χ3n) is 3.07. The lowest BCUT2D eigenvalue weighted by Gasteiger charge is -2.06. The summed E-state index contributed by atoms with van der Waals surface area (Å²) in [6, 6.07) is 11.7. The summed E-state index contributed by atoms with van der Waals surface area (Å²) in [6.07, 6.45) is 0.0463. The van der Waals surface area contributed by atoms with Gasteiger partial charge in [0.05, 0.1) is 17.0 Å². The molecule has 2 aromatic carbocycles. The number of nitrogens with zero attached hydrogens (tertiary/aromatic N) is 1. The van der Waals surface area contributed by atoms with Gasteiger partial charge in [0.25, 0.3) is 5.91 Å². The van der Waals surface area contributed by atoms with Crippen LogP contribution in [-0.2, 0) is 4.79 Å². The van der Waals surface area contributed by atoms with Gasteiger partial charge in [-0.15, -0.1) is 0 Å². The molecule has 2 aromatic rings. The van der Waals surface area contributed by atoms with Crippen LogP contribution >= 0.6 is 39.1 Å². The fraction of sp³-hybridized carbons (Fsp3) is 0.118. The zero-order valence-corrected chi connectivity index (χ0v) is 16.2. The Labute approximate surface area is 163 Å². The average Bonchev–Trinajstić information content (AvgIpc) is 2.54. The topological polar surface area (TPSA) is 70.6 Å². The summed E-state index contributed by atoms with van der Waals surface area (Å²) in [5.74, 6) is -0.711. The average molecular weight is 443 g/mol. The van der Waals surface area contributed by atoms with Crippen molar-refractivity contribution < 1.29 is 9.59 Å². The van der Waals surface area contributed by atoms with E-state index in [9.17, 15) is 9.59 Å². The van der Waals surface area contributed by atoms with Gasteiger partial charge in [-0.1, -0.05) is 39.1 Å². The number of hydrogen-bond donors (Lipinski definition) is 2. The lowest BCUT2D eigenvalue weighted by molar-refractivity contribution is -0.115. The summed E-state index contributed by atoms with van der Waals surface area (Å²) >= 11 is 15.1. The van der Waals surface area contributed by atoms with E-state index in [1.807, 2.05) is 12.1 Å². The molecule has 0 spiro atoms. The van der Waals surface area contributed by atoms with Crippen LogP contribution in [0.15, 0.2) is 52.0 Å². The maximum absolute atomic E-state index is 12.0. The van der Waals surface area contributed by atoms with E-state index < -0.39 is 5.91 Å². The van der Waals surface area contributed by atoms with Crippen LogP contribution in [-0.4, -0.2) is 17.5 Å². The van der Waals surface area contributed by atoms with E-state index in [0.29, 0.717) is 16.4 Å². The van der Waals surface area contributed by atoms with Crippen molar-refractivity contribution in [2.24, 2.45) is 5.10 Å². The number of carbonyl (C=O) groups excluding carboxylic acids is 2. The molecule has 0 bridgehead atoms. The van der Waals surface area contributed by atoms with E-state index in [-0.39, 0.29) is 22.9 Å². The Bertz CT molecular complexity index is 823. The number of nitrogens with one attached hydrogen (secondary N) is 2. The molecule has 0 aromatic heterocycles. The molecule has 0 radical (unpaired) electrons. The summed E-state index contributed by atoms with van der Waals surface area (Å²) in [7, 11) is 0. The molecular weight excluding hydrogens is 429 g/mol. The molecule has 0 unspecified atom stereocenters. The van der Waals surface area contributed by atoms with E-state index in [0.717, 1.165) is 4.47 Å². The first kappa shape index (κ1) is 19.4. The quantitative estimate of drug-likeness (QED) is 0.511. The third-order valence-corrected chi connectivity index (χ3v) is 4.14. The first-order valence-electron chi connectivity index (χ1n) is 7.19. The van der Waals surface area contributed by atoms with Crippen molar-refractivity contribution in [3.8, 4) is 0 Å². The maximum Gasteiger partial charge on any atom is 0.272 e. The van der Waals surface area contributed by atoms with Crippen molar-refractivity contribution in [3.63, 3.8) is 0 Å². The molecule has 130 valence electrons. The number of amides is 2. The monoisotopic (exact) mass is 441 g/mol. The fourth-order valence-electron chi connectivity index (χ4n) is 1.89. The van der Waals surface area contributed by atoms with E-state index in [4.69, 9.17) is 23.2 Å². The normalized spacial score (nSPS) is 11.1. The summed E-state index contributed by atoms with van der Waals surface area (Å²) in [6.45, 7) is 1.64. The van der Waals surface area contributed by atoms with Crippen LogP contribution in [0.1, 0.15) is 23.7 Å². The lowest BCUT2D eigenvalue weighted by atomic mass is 10.2. The van der Waals surface area contributed by atoms with Crippen LogP contribution in [0.4, 0.5) is 5.69 Å². The summed E-state index contributed by atoms with van der Waals surface area (Å²) in [4.78, 5) is 24.0. The van der Waals surface area contributed by atoms with Gasteiger partial charge in [-0.2, -0.15) is 5.10 Å². The van der Waals surface area contributed by atoms with E-state index >= 15 is 0 Å². The molecule has 8 heteroatoms. The van der Waals surface area contributed by atoms with Gasteiger partial charge in [-0.05, 0) is 49.4 Å². The van der Waals surface area contributed by atoms with Crippen LogP contribution in [0.25, 0.3) is 0 Å². The van der Waals surface area contributed by atoms with Crippen molar-refractivity contribution in [2.45, 2.75) is 13.3 Å². The minimum Gasteiger partial charge on any atom is -0.326 e. The van der Waals surface area contributed by atoms with Crippen molar-refractivity contribution in [1.82, 2.24) is 5.43 Å². The smallest absolute Gasteiger partial charge is 0.272 e. The molecule has 0 aliphatic carbocycles. The second kappa shape index (κ2) is 8.99. The molecule has 0 saturated heterocycles. The van der Waals surface area contributed by atoms with Crippen LogP contribution < -0.4 is 10.7 Å². The molecule has 0 atom stereocenters. The zero-order chi connectivity index (χ0) is 18.4. The Balaban J connectivity index is 1.91. The number of hydrazone groups is 1. The predicted molar refractivity (Wildman–Crippen MR) is 104 cm³/mol. The molecule has 0 heterocycles. The first-order chi connectivity index (χ1) is 11.8. The largest absolute Gasteiger partial charge is 0.326 e. The van der Waals surface area contributed by atoms with Crippen molar-refractivity contribution in [2.75, 3.05) is 5.32 Å². The van der Waals surface area contributed by atoms with Gasteiger partial charge in [0.1, 0.15) is 0 Å². The highest BCUT2D eigenvalue weighted by molar-refractivity contribution is 9.10. The number of rotatable bonds is 5. The molecule has 2 N–H and O–H groups in total. The van der Waals surface area contributed by atoms with Crippen LogP contribution in [0.3, 0.4) is 0 Å². The molecule has 5 nitrogen and oxygen atoms in total. The number of hydrogen-bond acceptors (Lipinski definition) is 3. The van der Waals surface area contributed by atoms with Gasteiger partial charge in [0.2, 0.25) is 5.91 Å². The fourth-order valence-corrected chi connectivity index (χ4v) is 2.65. The van der Waals surface area contributed by atoms with Crippen LogP contribution in [0, 0.1) is 0 Å². The van der Waals surface area contributed by atoms with Gasteiger partial charge in [0.15, 0.2) is 0 Å². The van der Waals surface area contributed by atoms with Crippen LogP contribution in [0.2, 0.25) is 10.0 Å². The molecule has 0 aliphatic rings. The number of anilines is 1. The highest BCUT2D eigenvalue weighted by Gasteiger charge is 2.11. The van der Waals surface area contributed by atoms with E-state index in [1.165, 1.54) is 12.1 Å². The van der Waals surface area contributed by atoms with Crippen LogP contribution in [0.5, 0.6) is 0 Å². The standard InChI is InChI=1S/C17H14BrCl2N3O2/c1-10(8-16(24)21-13-5-2-11(18)3-6-13)22-23-17(25)14-7-4-12(19)9-15(14)20/h2-7,9H,8H2,1H3,(H,21,24)(H,23,25). The zero-order valence-electron chi connectivity index (χ0n) is 13.1. The predicted octanol–water partition coefficient (Wildman–Crippen LogP) is 4.89. The number of halogens is 3. The molecule has 25 heavy (non-hydrogen) atoms. The maximum atomic E-state index is 12.0. The minimum absolute atomic E-state index is 0.0463. The Morgan fingerprint density at radius 3 is 2.44 bits per heavy atom. The van der Waals surface area contributed by atoms with Crippen molar-refractivity contribution >= 4 is 62.3 Å². The molecule has 2 amide bonds. The van der Waals surface area contributed by atoms with E-state index in [2.05, 4.69) is 31.8 Å². The van der Waals surface area contributed by atoms with Gasteiger partial charge in [0, 0.05) is 20.9 Å². The van der Waals surface area contributed by atoms with Crippen molar-refractivity contribution in [3.05, 3.63) is 62.5 Å². The summed E-state index contributed by atoms with van der Waals surface area (Å²) in [5, 5.41) is 7.33. The van der Waals surface area contributed by atoms with Gasteiger partial charge >= 0.3 is 0 Å². The molecule has 2 rings (SSSR count). The summed E-state index contributed by atoms with van der Waals surface area (Å²) in [5.41, 5.74) is 3.75. The van der Waals surface area contributed by atoms with Crippen molar-refractivity contribution in [1.29, 1.82) is 0 Å².